The number of halogens is 2. The molecular formula is C11H12Cl2O3. The quantitative estimate of drug-likeness (QED) is 0.735. The minimum absolute atomic E-state index is 0.0284. The van der Waals surface area contributed by atoms with E-state index < -0.39 is 11.4 Å². The van der Waals surface area contributed by atoms with E-state index in [1.54, 1.807) is 6.92 Å². The maximum atomic E-state index is 11.4. The van der Waals surface area contributed by atoms with Gasteiger partial charge in [-0.05, 0) is 25.5 Å². The number of ether oxygens (including phenoxy) is 1. The molecule has 1 rings (SSSR count). The highest BCUT2D eigenvalue weighted by molar-refractivity contribution is 6.55. The van der Waals surface area contributed by atoms with Gasteiger partial charge in [0.1, 0.15) is 5.60 Å². The molecule has 1 aliphatic carbocycles. The number of hydrogen-bond donors (Lipinski definition) is 0. The van der Waals surface area contributed by atoms with Crippen LogP contribution < -0.4 is 0 Å². The van der Waals surface area contributed by atoms with Crippen LogP contribution in [-0.2, 0) is 14.3 Å². The molecule has 3 nitrogen and oxygen atoms in total. The number of rotatable bonds is 3. The van der Waals surface area contributed by atoms with Crippen LogP contribution in [0.15, 0.2) is 22.2 Å². The average Bonchev–Trinajstić information content (AvgIpc) is 2.13. The van der Waals surface area contributed by atoms with Crippen LogP contribution in [0.4, 0.5) is 0 Å². The van der Waals surface area contributed by atoms with Crippen LogP contribution in [-0.4, -0.2) is 17.4 Å². The first-order valence-corrected chi connectivity index (χ1v) is 5.67. The van der Waals surface area contributed by atoms with E-state index >= 15 is 0 Å². The first kappa shape index (κ1) is 13.3. The number of allylic oxidation sites excluding steroid dienone is 2. The van der Waals surface area contributed by atoms with Gasteiger partial charge >= 0.3 is 5.97 Å². The van der Waals surface area contributed by atoms with Gasteiger partial charge in [-0.1, -0.05) is 30.1 Å². The molecule has 0 radical (unpaired) electrons. The van der Waals surface area contributed by atoms with E-state index in [1.165, 1.54) is 12.2 Å². The van der Waals surface area contributed by atoms with Gasteiger partial charge in [-0.3, -0.25) is 9.59 Å². The zero-order chi connectivity index (χ0) is 12.3. The Morgan fingerprint density at radius 1 is 1.38 bits per heavy atom. The summed E-state index contributed by atoms with van der Waals surface area (Å²) < 4.78 is 5.20. The van der Waals surface area contributed by atoms with Gasteiger partial charge in [0.05, 0.1) is 10.1 Å². The van der Waals surface area contributed by atoms with Gasteiger partial charge in [-0.25, -0.2) is 0 Å². The van der Waals surface area contributed by atoms with E-state index in [-0.39, 0.29) is 16.0 Å². The van der Waals surface area contributed by atoms with Gasteiger partial charge in [0.2, 0.25) is 5.78 Å². The highest BCUT2D eigenvalue weighted by Crippen LogP contribution is 2.29. The lowest BCUT2D eigenvalue weighted by Crippen LogP contribution is -2.31. The Morgan fingerprint density at radius 3 is 2.31 bits per heavy atom. The summed E-state index contributed by atoms with van der Waals surface area (Å²) in [6.45, 7) is 3.50. The van der Waals surface area contributed by atoms with Crippen molar-refractivity contribution in [3.05, 3.63) is 22.2 Å². The standard InChI is InChI=1S/C11H12Cl2O3/c1-3-4-9(14)16-11(2)5-7(12)10(15)8(13)6-11/h5-6H,3-4H2,1-2H3. The van der Waals surface area contributed by atoms with E-state index in [9.17, 15) is 9.59 Å². The molecule has 0 aromatic heterocycles. The lowest BCUT2D eigenvalue weighted by molar-refractivity contribution is -0.150. The van der Waals surface area contributed by atoms with Crippen LogP contribution in [0.5, 0.6) is 0 Å². The minimum atomic E-state index is -1.03. The smallest absolute Gasteiger partial charge is 0.306 e. The van der Waals surface area contributed by atoms with Gasteiger partial charge in [0.25, 0.3) is 0 Å². The molecule has 88 valence electrons. The predicted molar refractivity (Wildman–Crippen MR) is 62.3 cm³/mol. The molecule has 0 fully saturated rings. The van der Waals surface area contributed by atoms with Crippen LogP contribution in [0.3, 0.4) is 0 Å². The third-order valence-electron chi connectivity index (χ3n) is 2.05. The molecule has 0 saturated carbocycles. The molecular weight excluding hydrogens is 251 g/mol. The van der Waals surface area contributed by atoms with Crippen molar-refractivity contribution in [1.29, 1.82) is 0 Å². The van der Waals surface area contributed by atoms with Crippen LogP contribution in [0.25, 0.3) is 0 Å². The largest absolute Gasteiger partial charge is 0.451 e. The van der Waals surface area contributed by atoms with Crippen molar-refractivity contribution in [1.82, 2.24) is 0 Å². The molecule has 0 N–H and O–H groups in total. The van der Waals surface area contributed by atoms with Crippen molar-refractivity contribution in [3.8, 4) is 0 Å². The molecule has 0 spiro atoms. The summed E-state index contributed by atoms with van der Waals surface area (Å²) in [6, 6.07) is 0. The van der Waals surface area contributed by atoms with Crippen LogP contribution >= 0.6 is 23.2 Å². The van der Waals surface area contributed by atoms with E-state index in [0.29, 0.717) is 12.8 Å². The Balaban J connectivity index is 2.86. The zero-order valence-electron chi connectivity index (χ0n) is 9.05. The molecule has 0 unspecified atom stereocenters. The second-order valence-corrected chi connectivity index (χ2v) is 4.54. The van der Waals surface area contributed by atoms with Gasteiger partial charge in [0, 0.05) is 6.42 Å². The summed E-state index contributed by atoms with van der Waals surface area (Å²) in [4.78, 5) is 22.6. The fourth-order valence-corrected chi connectivity index (χ4v) is 2.03. The first-order chi connectivity index (χ1) is 7.38. The Hall–Kier alpha value is -0.800. The van der Waals surface area contributed by atoms with Crippen LogP contribution in [0.1, 0.15) is 26.7 Å². The first-order valence-electron chi connectivity index (χ1n) is 4.91. The second kappa shape index (κ2) is 5.02. The molecule has 0 aromatic rings. The lowest BCUT2D eigenvalue weighted by atomic mass is 9.99. The summed E-state index contributed by atoms with van der Waals surface area (Å²) in [6.07, 6.45) is 3.79. The number of carbonyl (C=O) groups is 2. The summed E-state index contributed by atoms with van der Waals surface area (Å²) in [5.41, 5.74) is -1.03. The van der Waals surface area contributed by atoms with Crippen LogP contribution in [0.2, 0.25) is 0 Å². The summed E-state index contributed by atoms with van der Waals surface area (Å²) in [5.74, 6) is -0.798. The molecule has 0 aromatic carbocycles. The number of hydrogen-bond acceptors (Lipinski definition) is 3. The number of carbonyl (C=O) groups excluding carboxylic acids is 2. The molecule has 0 heterocycles. The molecule has 5 heteroatoms. The topological polar surface area (TPSA) is 43.4 Å². The second-order valence-electron chi connectivity index (χ2n) is 3.72. The highest BCUT2D eigenvalue weighted by atomic mass is 35.5. The highest BCUT2D eigenvalue weighted by Gasteiger charge is 2.31. The van der Waals surface area contributed by atoms with Crippen molar-refractivity contribution in [2.24, 2.45) is 0 Å². The number of Topliss-reactive ketones (excluding diaryl/α,β-unsaturated/α-hetero) is 1. The zero-order valence-corrected chi connectivity index (χ0v) is 10.6. The van der Waals surface area contributed by atoms with Gasteiger partial charge < -0.3 is 4.74 Å². The SMILES string of the molecule is CCCC(=O)OC1(C)C=C(Cl)C(=O)C(Cl)=C1. The lowest BCUT2D eigenvalue weighted by Gasteiger charge is -2.26. The minimum Gasteiger partial charge on any atom is -0.451 e. The molecule has 0 saturated heterocycles. The Kier molecular flexibility index (Phi) is 4.16. The monoisotopic (exact) mass is 262 g/mol. The third-order valence-corrected chi connectivity index (χ3v) is 2.61. The van der Waals surface area contributed by atoms with E-state index in [1.807, 2.05) is 6.92 Å². The molecule has 0 bridgehead atoms. The third kappa shape index (κ3) is 3.09. The van der Waals surface area contributed by atoms with E-state index in [4.69, 9.17) is 27.9 Å². The summed E-state index contributed by atoms with van der Waals surface area (Å²) in [5, 5.41) is -0.0569. The normalized spacial score (nSPS) is 18.9. The van der Waals surface area contributed by atoms with E-state index in [0.717, 1.165) is 0 Å². The van der Waals surface area contributed by atoms with Crippen molar-refractivity contribution >= 4 is 35.0 Å². The van der Waals surface area contributed by atoms with Crippen molar-refractivity contribution in [2.75, 3.05) is 0 Å². The number of ketones is 1. The Labute approximate surface area is 104 Å². The predicted octanol–water partition coefficient (Wildman–Crippen LogP) is 2.92. The molecule has 1 aliphatic rings. The molecule has 16 heavy (non-hydrogen) atoms. The van der Waals surface area contributed by atoms with Crippen molar-refractivity contribution < 1.29 is 14.3 Å². The molecule has 0 aliphatic heterocycles. The fourth-order valence-electron chi connectivity index (χ4n) is 1.35. The maximum Gasteiger partial charge on any atom is 0.306 e. The number of esters is 1. The fraction of sp³-hybridized carbons (Fsp3) is 0.455. The van der Waals surface area contributed by atoms with E-state index in [2.05, 4.69) is 0 Å². The Morgan fingerprint density at radius 2 is 1.88 bits per heavy atom. The Bertz CT molecular complexity index is 361. The van der Waals surface area contributed by atoms with Crippen molar-refractivity contribution in [2.45, 2.75) is 32.3 Å². The van der Waals surface area contributed by atoms with Gasteiger partial charge in [-0.15, -0.1) is 0 Å². The van der Waals surface area contributed by atoms with Gasteiger partial charge in [-0.2, -0.15) is 0 Å². The molecule has 0 atom stereocenters. The molecule has 0 amide bonds. The van der Waals surface area contributed by atoms with Gasteiger partial charge in [0.15, 0.2) is 0 Å². The van der Waals surface area contributed by atoms with Crippen molar-refractivity contribution in [3.63, 3.8) is 0 Å². The average molecular weight is 263 g/mol. The van der Waals surface area contributed by atoms with Crippen LogP contribution in [0, 0.1) is 0 Å². The maximum absolute atomic E-state index is 11.4. The summed E-state index contributed by atoms with van der Waals surface area (Å²) in [7, 11) is 0. The summed E-state index contributed by atoms with van der Waals surface area (Å²) >= 11 is 11.4.